The minimum atomic E-state index is -3.25. The lowest BCUT2D eigenvalue weighted by Gasteiger charge is -2.03. The van der Waals surface area contributed by atoms with Crippen LogP contribution in [0.4, 0.5) is 0 Å². The minimum Gasteiger partial charge on any atom is -0.430 e. The van der Waals surface area contributed by atoms with Crippen LogP contribution in [0.5, 0.6) is 10.9 Å². The van der Waals surface area contributed by atoms with E-state index in [4.69, 9.17) is 16.3 Å². The average molecular weight is 305 g/mol. The topological polar surface area (TPSA) is 69.2 Å². The molecule has 8 heteroatoms. The molecule has 0 aliphatic rings. The number of sulfone groups is 1. The molecule has 2 aromatic rings. The van der Waals surface area contributed by atoms with Gasteiger partial charge in [-0.2, -0.15) is 0 Å². The van der Waals surface area contributed by atoms with Gasteiger partial charge in [0.25, 0.3) is 5.19 Å². The van der Waals surface area contributed by atoms with E-state index in [1.807, 2.05) is 0 Å². The number of nitrogens with zero attached hydrogens (tertiary/aromatic N) is 2. The third-order valence-electron chi connectivity index (χ3n) is 2.00. The van der Waals surface area contributed by atoms with E-state index in [9.17, 15) is 8.42 Å². The molecule has 0 saturated carbocycles. The van der Waals surface area contributed by atoms with E-state index in [-0.39, 0.29) is 10.8 Å². The highest BCUT2D eigenvalue weighted by molar-refractivity contribution is 7.90. The molecule has 1 heterocycles. The summed E-state index contributed by atoms with van der Waals surface area (Å²) in [7, 11) is -3.25. The predicted octanol–water partition coefficient (Wildman–Crippen LogP) is 2.47. The summed E-state index contributed by atoms with van der Waals surface area (Å²) in [6, 6.07) is 6.20. The maximum Gasteiger partial charge on any atom is 0.299 e. The first-order valence-corrected chi connectivity index (χ1v) is 8.09. The Morgan fingerprint density at radius 3 is 2.78 bits per heavy atom. The van der Waals surface area contributed by atoms with E-state index >= 15 is 0 Å². The molecule has 0 amide bonds. The van der Waals surface area contributed by atoms with Crippen LogP contribution in [0.15, 0.2) is 29.2 Å². The van der Waals surface area contributed by atoms with Crippen LogP contribution < -0.4 is 4.74 Å². The molecule has 5 nitrogen and oxygen atoms in total. The maximum absolute atomic E-state index is 11.4. The van der Waals surface area contributed by atoms with Gasteiger partial charge in [-0.05, 0) is 18.2 Å². The van der Waals surface area contributed by atoms with Gasteiger partial charge in [0.2, 0.25) is 0 Å². The second-order valence-corrected chi connectivity index (χ2v) is 6.75. The van der Waals surface area contributed by atoms with Gasteiger partial charge in [0.15, 0.2) is 9.84 Å². The minimum absolute atomic E-state index is 0.196. The van der Waals surface area contributed by atoms with Crippen molar-refractivity contribution in [2.24, 2.45) is 0 Å². The average Bonchev–Trinajstić information content (AvgIpc) is 2.76. The number of hydrogen-bond acceptors (Lipinski definition) is 6. The van der Waals surface area contributed by atoms with E-state index in [1.165, 1.54) is 23.5 Å². The number of rotatable bonds is 4. The van der Waals surface area contributed by atoms with E-state index in [2.05, 4.69) is 10.2 Å². The van der Waals surface area contributed by atoms with E-state index < -0.39 is 9.84 Å². The summed E-state index contributed by atoms with van der Waals surface area (Å²) in [5.74, 6) is 0.667. The van der Waals surface area contributed by atoms with Gasteiger partial charge in [-0.1, -0.05) is 22.5 Å². The SMILES string of the molecule is CS(=O)(=O)c1cccc(Oc2nnc(CCl)s2)c1. The third-order valence-corrected chi connectivity index (χ3v) is 4.32. The molecule has 96 valence electrons. The molecule has 2 rings (SSSR count). The summed E-state index contributed by atoms with van der Waals surface area (Å²) in [5, 5.41) is 8.56. The molecule has 0 unspecified atom stereocenters. The van der Waals surface area contributed by atoms with Gasteiger partial charge in [0.05, 0.1) is 10.8 Å². The first-order valence-electron chi connectivity index (χ1n) is 4.85. The Labute approximate surface area is 113 Å². The highest BCUT2D eigenvalue weighted by atomic mass is 35.5. The van der Waals surface area contributed by atoms with Crippen molar-refractivity contribution in [1.82, 2.24) is 10.2 Å². The summed E-state index contributed by atoms with van der Waals surface area (Å²) in [6.07, 6.45) is 1.14. The normalized spacial score (nSPS) is 11.4. The van der Waals surface area contributed by atoms with Gasteiger partial charge in [-0.3, -0.25) is 0 Å². The molecule has 0 radical (unpaired) electrons. The number of benzene rings is 1. The lowest BCUT2D eigenvalue weighted by molar-refractivity contribution is 0.471. The third kappa shape index (κ3) is 3.18. The standard InChI is InChI=1S/C10H9ClN2O3S2/c1-18(14,15)8-4-2-3-7(5-8)16-10-13-12-9(6-11)17-10/h2-5H,6H2,1H3. The Kier molecular flexibility index (Phi) is 3.84. The predicted molar refractivity (Wildman–Crippen MR) is 69.1 cm³/mol. The van der Waals surface area contributed by atoms with Gasteiger partial charge >= 0.3 is 0 Å². The quantitative estimate of drug-likeness (QED) is 0.812. The molecule has 0 aliphatic carbocycles. The van der Waals surface area contributed by atoms with Gasteiger partial charge in [0.1, 0.15) is 10.8 Å². The molecule has 0 aliphatic heterocycles. The molecular formula is C10H9ClN2O3S2. The molecule has 0 saturated heterocycles. The first-order chi connectivity index (χ1) is 8.49. The van der Waals surface area contributed by atoms with Crippen molar-refractivity contribution < 1.29 is 13.2 Å². The number of halogens is 1. The van der Waals surface area contributed by atoms with Crippen LogP contribution in [-0.4, -0.2) is 24.9 Å². The first kappa shape index (κ1) is 13.3. The van der Waals surface area contributed by atoms with E-state index in [0.717, 1.165) is 6.26 Å². The van der Waals surface area contributed by atoms with Crippen molar-refractivity contribution in [2.75, 3.05) is 6.26 Å². The molecule has 0 fully saturated rings. The molecule has 0 atom stereocenters. The van der Waals surface area contributed by atoms with Gasteiger partial charge in [0, 0.05) is 6.26 Å². The summed E-state index contributed by atoms with van der Waals surface area (Å²) in [5.41, 5.74) is 0. The Morgan fingerprint density at radius 1 is 1.39 bits per heavy atom. The Hall–Kier alpha value is -1.18. The van der Waals surface area contributed by atoms with E-state index in [0.29, 0.717) is 16.0 Å². The number of aromatic nitrogens is 2. The summed E-state index contributed by atoms with van der Waals surface area (Å²) in [6.45, 7) is 0. The zero-order chi connectivity index (χ0) is 13.2. The van der Waals surface area contributed by atoms with Crippen LogP contribution in [-0.2, 0) is 15.7 Å². The van der Waals surface area contributed by atoms with Crippen LogP contribution in [0, 0.1) is 0 Å². The number of alkyl halides is 1. The molecular weight excluding hydrogens is 296 g/mol. The fraction of sp³-hybridized carbons (Fsp3) is 0.200. The zero-order valence-electron chi connectivity index (χ0n) is 9.33. The van der Waals surface area contributed by atoms with Gasteiger partial charge < -0.3 is 4.74 Å². The lowest BCUT2D eigenvalue weighted by atomic mass is 10.3. The molecule has 0 bridgehead atoms. The van der Waals surface area contributed by atoms with Crippen LogP contribution in [0.2, 0.25) is 0 Å². The van der Waals surface area contributed by atoms with Crippen LogP contribution in [0.25, 0.3) is 0 Å². The molecule has 1 aromatic heterocycles. The van der Waals surface area contributed by atoms with Gasteiger partial charge in [-0.15, -0.1) is 16.7 Å². The van der Waals surface area contributed by atoms with Crippen molar-refractivity contribution in [3.05, 3.63) is 29.3 Å². The number of ether oxygens (including phenoxy) is 1. The lowest BCUT2D eigenvalue weighted by Crippen LogP contribution is -1.96. The monoisotopic (exact) mass is 304 g/mol. The second-order valence-electron chi connectivity index (χ2n) is 3.44. The largest absolute Gasteiger partial charge is 0.430 e. The highest BCUT2D eigenvalue weighted by Gasteiger charge is 2.10. The van der Waals surface area contributed by atoms with Crippen molar-refractivity contribution in [3.8, 4) is 10.9 Å². The summed E-state index contributed by atoms with van der Waals surface area (Å²) in [4.78, 5) is 0.196. The van der Waals surface area contributed by atoms with Crippen molar-refractivity contribution in [2.45, 2.75) is 10.8 Å². The maximum atomic E-state index is 11.4. The van der Waals surface area contributed by atoms with Crippen molar-refractivity contribution in [3.63, 3.8) is 0 Å². The smallest absolute Gasteiger partial charge is 0.299 e. The fourth-order valence-electron chi connectivity index (χ4n) is 1.20. The Bertz CT molecular complexity index is 655. The Morgan fingerprint density at radius 2 is 2.17 bits per heavy atom. The van der Waals surface area contributed by atoms with E-state index in [1.54, 1.807) is 12.1 Å². The number of hydrogen-bond donors (Lipinski definition) is 0. The van der Waals surface area contributed by atoms with Crippen molar-refractivity contribution in [1.29, 1.82) is 0 Å². The zero-order valence-corrected chi connectivity index (χ0v) is 11.7. The van der Waals surface area contributed by atoms with Crippen LogP contribution >= 0.6 is 22.9 Å². The van der Waals surface area contributed by atoms with Crippen molar-refractivity contribution >= 4 is 32.8 Å². The highest BCUT2D eigenvalue weighted by Crippen LogP contribution is 2.27. The molecule has 0 spiro atoms. The summed E-state index contributed by atoms with van der Waals surface area (Å²) < 4.78 is 28.2. The second kappa shape index (κ2) is 5.21. The molecule has 1 aromatic carbocycles. The fourth-order valence-corrected chi connectivity index (χ4v) is 2.63. The summed E-state index contributed by atoms with van der Waals surface area (Å²) >= 11 is 6.82. The molecule has 0 N–H and O–H groups in total. The van der Waals surface area contributed by atoms with Crippen LogP contribution in [0.3, 0.4) is 0 Å². The van der Waals surface area contributed by atoms with Gasteiger partial charge in [-0.25, -0.2) is 8.42 Å². The van der Waals surface area contributed by atoms with Crippen LogP contribution in [0.1, 0.15) is 5.01 Å². The Balaban J connectivity index is 2.24. The molecule has 18 heavy (non-hydrogen) atoms.